The number of hydrogen-bond donors (Lipinski definition) is 1. The lowest BCUT2D eigenvalue weighted by molar-refractivity contribution is 0.568. The fraction of sp³-hybridized carbons (Fsp3) is 0.250. The highest BCUT2D eigenvalue weighted by molar-refractivity contribution is 9.10. The van der Waals surface area contributed by atoms with Crippen LogP contribution in [0.2, 0.25) is 4.47 Å². The van der Waals surface area contributed by atoms with Crippen molar-refractivity contribution in [2.45, 2.75) is 24.1 Å². The number of rotatable bonds is 4. The van der Waals surface area contributed by atoms with Gasteiger partial charge >= 0.3 is 0 Å². The summed E-state index contributed by atoms with van der Waals surface area (Å²) in [6.45, 7) is 3.42. The third-order valence-electron chi connectivity index (χ3n) is 2.67. The Morgan fingerprint density at radius 2 is 1.95 bits per heavy atom. The zero-order chi connectivity index (χ0) is 14.9. The third-order valence-corrected chi connectivity index (χ3v) is 6.61. The molecule has 1 aromatic heterocycles. The molecule has 4 nitrogen and oxygen atoms in total. The standard InChI is InChI=1S/C12H12BrClN2O2S2/c1-7(9-3-5-10(13)6-4-9)16-20(17,18)11-8(2)15-12(14)19-11/h3-7,16H,1-2H3. The van der Waals surface area contributed by atoms with Gasteiger partial charge < -0.3 is 0 Å². The molecule has 2 aromatic rings. The number of thiazole rings is 1. The second-order valence-electron chi connectivity index (χ2n) is 4.23. The topological polar surface area (TPSA) is 59.1 Å². The summed E-state index contributed by atoms with van der Waals surface area (Å²) in [6.07, 6.45) is 0. The van der Waals surface area contributed by atoms with E-state index in [0.717, 1.165) is 21.4 Å². The van der Waals surface area contributed by atoms with Crippen molar-refractivity contribution in [3.8, 4) is 0 Å². The Labute approximate surface area is 135 Å². The predicted octanol–water partition coefficient (Wildman–Crippen LogP) is 3.91. The lowest BCUT2D eigenvalue weighted by Gasteiger charge is -2.14. The van der Waals surface area contributed by atoms with Crippen LogP contribution in [-0.2, 0) is 10.0 Å². The minimum absolute atomic E-state index is 0.159. The molecular weight excluding hydrogens is 384 g/mol. The van der Waals surface area contributed by atoms with Crippen molar-refractivity contribution >= 4 is 48.9 Å². The van der Waals surface area contributed by atoms with Gasteiger partial charge in [-0.1, -0.05) is 51.0 Å². The van der Waals surface area contributed by atoms with Gasteiger partial charge in [0.2, 0.25) is 0 Å². The normalized spacial score (nSPS) is 13.4. The first kappa shape index (κ1) is 15.9. The van der Waals surface area contributed by atoms with Crippen molar-refractivity contribution in [3.05, 3.63) is 44.5 Å². The van der Waals surface area contributed by atoms with Gasteiger partial charge in [0.25, 0.3) is 10.0 Å². The Kier molecular flexibility index (Phi) is 4.86. The Morgan fingerprint density at radius 1 is 1.35 bits per heavy atom. The highest BCUT2D eigenvalue weighted by Crippen LogP contribution is 2.28. The average molecular weight is 396 g/mol. The third kappa shape index (κ3) is 3.59. The summed E-state index contributed by atoms with van der Waals surface area (Å²) in [6, 6.07) is 7.13. The zero-order valence-corrected chi connectivity index (χ0v) is 14.7. The number of nitrogens with zero attached hydrogens (tertiary/aromatic N) is 1. The maximum Gasteiger partial charge on any atom is 0.252 e. The fourth-order valence-electron chi connectivity index (χ4n) is 1.71. The van der Waals surface area contributed by atoms with Crippen LogP contribution in [-0.4, -0.2) is 13.4 Å². The van der Waals surface area contributed by atoms with Gasteiger partial charge in [0.05, 0.1) is 5.69 Å². The minimum Gasteiger partial charge on any atom is -0.229 e. The van der Waals surface area contributed by atoms with Gasteiger partial charge in [-0.25, -0.2) is 18.1 Å². The summed E-state index contributed by atoms with van der Waals surface area (Å²) in [5.41, 5.74) is 1.29. The Morgan fingerprint density at radius 3 is 2.45 bits per heavy atom. The summed E-state index contributed by atoms with van der Waals surface area (Å²) >= 11 is 10.1. The van der Waals surface area contributed by atoms with Crippen LogP contribution in [0.1, 0.15) is 24.2 Å². The van der Waals surface area contributed by atoms with Crippen LogP contribution in [0.3, 0.4) is 0 Å². The van der Waals surface area contributed by atoms with E-state index in [1.807, 2.05) is 24.3 Å². The molecule has 1 heterocycles. The number of aryl methyl sites for hydroxylation is 1. The summed E-state index contributed by atoms with van der Waals surface area (Å²) in [5, 5.41) is 0. The first-order valence-corrected chi connectivity index (χ1v) is 9.17. The second-order valence-corrected chi connectivity index (χ2v) is 8.64. The molecular formula is C12H12BrClN2O2S2. The van der Waals surface area contributed by atoms with Gasteiger partial charge in [-0.2, -0.15) is 0 Å². The molecule has 1 atom stereocenters. The van der Waals surface area contributed by atoms with Crippen molar-refractivity contribution in [2.24, 2.45) is 0 Å². The highest BCUT2D eigenvalue weighted by Gasteiger charge is 2.23. The maximum absolute atomic E-state index is 12.3. The molecule has 0 amide bonds. The Bertz CT molecular complexity index is 714. The van der Waals surface area contributed by atoms with Gasteiger partial charge in [0.1, 0.15) is 0 Å². The van der Waals surface area contributed by atoms with E-state index in [4.69, 9.17) is 11.6 Å². The monoisotopic (exact) mass is 394 g/mol. The largest absolute Gasteiger partial charge is 0.252 e. The van der Waals surface area contributed by atoms with Crippen LogP contribution in [0, 0.1) is 6.92 Å². The molecule has 1 N–H and O–H groups in total. The fourth-order valence-corrected chi connectivity index (χ4v) is 4.96. The first-order valence-electron chi connectivity index (χ1n) is 5.70. The van der Waals surface area contributed by atoms with Crippen LogP contribution in [0.25, 0.3) is 0 Å². The van der Waals surface area contributed by atoms with E-state index in [2.05, 4.69) is 25.6 Å². The molecule has 1 unspecified atom stereocenters. The smallest absolute Gasteiger partial charge is 0.229 e. The lowest BCUT2D eigenvalue weighted by Crippen LogP contribution is -2.26. The summed E-state index contributed by atoms with van der Waals surface area (Å²) < 4.78 is 28.6. The molecule has 0 radical (unpaired) electrons. The molecule has 1 aromatic carbocycles. The van der Waals surface area contributed by atoms with Crippen molar-refractivity contribution < 1.29 is 8.42 Å². The molecule has 0 saturated heterocycles. The summed E-state index contributed by atoms with van der Waals surface area (Å²) in [5.74, 6) is 0. The molecule has 0 aliphatic rings. The van der Waals surface area contributed by atoms with Crippen LogP contribution < -0.4 is 4.72 Å². The van der Waals surface area contributed by atoms with Gasteiger partial charge in [0, 0.05) is 10.5 Å². The van der Waals surface area contributed by atoms with Crippen LogP contribution in [0.5, 0.6) is 0 Å². The van der Waals surface area contributed by atoms with E-state index in [1.54, 1.807) is 13.8 Å². The summed E-state index contributed by atoms with van der Waals surface area (Å²) in [4.78, 5) is 3.93. The number of hydrogen-bond acceptors (Lipinski definition) is 4. The van der Waals surface area contributed by atoms with E-state index in [0.29, 0.717) is 5.69 Å². The van der Waals surface area contributed by atoms with Crippen molar-refractivity contribution in [1.29, 1.82) is 0 Å². The Balaban J connectivity index is 2.24. The lowest BCUT2D eigenvalue weighted by atomic mass is 10.1. The van der Waals surface area contributed by atoms with Crippen LogP contribution >= 0.6 is 38.9 Å². The first-order chi connectivity index (χ1) is 9.29. The van der Waals surface area contributed by atoms with Crippen molar-refractivity contribution in [3.63, 3.8) is 0 Å². The SMILES string of the molecule is Cc1nc(Cl)sc1S(=O)(=O)NC(C)c1ccc(Br)cc1. The average Bonchev–Trinajstić information content (AvgIpc) is 2.69. The Hall–Kier alpha value is -0.470. The molecule has 0 saturated carbocycles. The van der Waals surface area contributed by atoms with Crippen molar-refractivity contribution in [1.82, 2.24) is 9.71 Å². The van der Waals surface area contributed by atoms with Crippen LogP contribution in [0.15, 0.2) is 32.9 Å². The number of aromatic nitrogens is 1. The zero-order valence-electron chi connectivity index (χ0n) is 10.7. The molecule has 0 bridgehead atoms. The van der Waals surface area contributed by atoms with Gasteiger partial charge in [0.15, 0.2) is 8.68 Å². The molecule has 0 fully saturated rings. The number of halogens is 2. The molecule has 0 aliphatic carbocycles. The molecule has 20 heavy (non-hydrogen) atoms. The summed E-state index contributed by atoms with van der Waals surface area (Å²) in [7, 11) is -3.62. The predicted molar refractivity (Wildman–Crippen MR) is 84.7 cm³/mol. The van der Waals surface area contributed by atoms with E-state index < -0.39 is 10.0 Å². The van der Waals surface area contributed by atoms with E-state index in [9.17, 15) is 8.42 Å². The van der Waals surface area contributed by atoms with Crippen molar-refractivity contribution in [2.75, 3.05) is 0 Å². The number of benzene rings is 1. The number of nitrogens with one attached hydrogen (secondary N) is 1. The molecule has 0 spiro atoms. The number of sulfonamides is 1. The van der Waals surface area contributed by atoms with Gasteiger partial charge in [-0.3, -0.25) is 0 Å². The molecule has 2 rings (SSSR count). The second kappa shape index (κ2) is 6.11. The quantitative estimate of drug-likeness (QED) is 0.854. The maximum atomic E-state index is 12.3. The van der Waals surface area contributed by atoms with Gasteiger partial charge in [-0.15, -0.1) is 0 Å². The molecule has 0 aliphatic heterocycles. The van der Waals surface area contributed by atoms with E-state index in [-0.39, 0.29) is 14.7 Å². The van der Waals surface area contributed by atoms with Gasteiger partial charge in [-0.05, 0) is 31.5 Å². The molecule has 108 valence electrons. The highest BCUT2D eigenvalue weighted by atomic mass is 79.9. The van der Waals surface area contributed by atoms with E-state index in [1.165, 1.54) is 0 Å². The minimum atomic E-state index is -3.62. The van der Waals surface area contributed by atoms with Crippen LogP contribution in [0.4, 0.5) is 0 Å². The molecule has 8 heteroatoms. The van der Waals surface area contributed by atoms with E-state index >= 15 is 0 Å².